The van der Waals surface area contributed by atoms with Gasteiger partial charge in [0, 0.05) is 13.1 Å². The number of hydrogen-bond acceptors (Lipinski definition) is 1. The van der Waals surface area contributed by atoms with Crippen LogP contribution in [0.15, 0.2) is 0 Å². The molecule has 2 unspecified atom stereocenters. The van der Waals surface area contributed by atoms with Gasteiger partial charge in [-0.2, -0.15) is 0 Å². The molecule has 2 fully saturated rings. The van der Waals surface area contributed by atoms with E-state index in [2.05, 4.69) is 18.9 Å². The fourth-order valence-electron chi connectivity index (χ4n) is 2.04. The van der Waals surface area contributed by atoms with Gasteiger partial charge in [0.05, 0.1) is 0 Å². The average molecular weight is 111 g/mol. The lowest BCUT2D eigenvalue weighted by Gasteiger charge is -2.10. The second kappa shape index (κ2) is 1.10. The van der Waals surface area contributed by atoms with Gasteiger partial charge in [0.15, 0.2) is 0 Å². The van der Waals surface area contributed by atoms with Crippen LogP contribution >= 0.6 is 0 Å². The predicted molar refractivity (Wildman–Crippen MR) is 33.7 cm³/mol. The second-order valence-corrected chi connectivity index (χ2v) is 3.75. The summed E-state index contributed by atoms with van der Waals surface area (Å²) in [6.07, 6.45) is 1.50. The third-order valence-electron chi connectivity index (χ3n) is 2.70. The summed E-state index contributed by atoms with van der Waals surface area (Å²) >= 11 is 0. The van der Waals surface area contributed by atoms with Gasteiger partial charge in [-0.3, -0.25) is 0 Å². The molecule has 46 valence electrons. The summed E-state index contributed by atoms with van der Waals surface area (Å²) in [5, 5.41) is 0. The normalized spacial score (nSPS) is 54.0. The predicted octanol–water partition coefficient (Wildman–Crippen LogP) is 0.958. The van der Waals surface area contributed by atoms with Crippen molar-refractivity contribution in [1.29, 1.82) is 0 Å². The average Bonchev–Trinajstić information content (AvgIpc) is 2.07. The van der Waals surface area contributed by atoms with Crippen molar-refractivity contribution >= 4 is 0 Å². The van der Waals surface area contributed by atoms with E-state index < -0.39 is 0 Å². The molecule has 0 aromatic heterocycles. The number of rotatable bonds is 0. The van der Waals surface area contributed by atoms with Crippen molar-refractivity contribution in [2.45, 2.75) is 13.3 Å². The first-order valence-corrected chi connectivity index (χ1v) is 3.39. The topological polar surface area (TPSA) is 3.24 Å². The highest BCUT2D eigenvalue weighted by molar-refractivity contribution is 5.06. The van der Waals surface area contributed by atoms with E-state index in [1.807, 2.05) is 0 Å². The Bertz CT molecular complexity index is 122. The fraction of sp³-hybridized carbons (Fsp3) is 1.00. The Morgan fingerprint density at radius 3 is 2.62 bits per heavy atom. The minimum atomic E-state index is 0.759. The standard InChI is InChI=1S/C7H13N/c1-7-3-6(7)4-8(2)5-7/h6H,3-5H2,1-2H3. The Balaban J connectivity index is 2.10. The van der Waals surface area contributed by atoms with E-state index in [9.17, 15) is 0 Å². The van der Waals surface area contributed by atoms with Crippen molar-refractivity contribution in [3.63, 3.8) is 0 Å². The Hall–Kier alpha value is -0.0400. The third-order valence-corrected chi connectivity index (χ3v) is 2.70. The SMILES string of the molecule is CN1CC2CC2(C)C1. The van der Waals surface area contributed by atoms with Crippen LogP contribution in [0.5, 0.6) is 0 Å². The van der Waals surface area contributed by atoms with Crippen LogP contribution in [0.2, 0.25) is 0 Å². The first-order valence-electron chi connectivity index (χ1n) is 3.39. The molecule has 1 saturated carbocycles. The molecule has 0 N–H and O–H groups in total. The number of fused-ring (bicyclic) bond motifs is 1. The first-order chi connectivity index (χ1) is 3.71. The molecule has 0 amide bonds. The number of piperidine rings is 1. The van der Waals surface area contributed by atoms with Crippen LogP contribution in [0.4, 0.5) is 0 Å². The molecule has 0 radical (unpaired) electrons. The van der Waals surface area contributed by atoms with Gasteiger partial charge < -0.3 is 4.90 Å². The van der Waals surface area contributed by atoms with Crippen LogP contribution in [0.3, 0.4) is 0 Å². The lowest BCUT2D eigenvalue weighted by atomic mass is 10.1. The van der Waals surface area contributed by atoms with Gasteiger partial charge in [0.25, 0.3) is 0 Å². The zero-order valence-corrected chi connectivity index (χ0v) is 5.65. The second-order valence-electron chi connectivity index (χ2n) is 3.75. The van der Waals surface area contributed by atoms with Crippen molar-refractivity contribution in [2.75, 3.05) is 20.1 Å². The zero-order valence-electron chi connectivity index (χ0n) is 5.65. The van der Waals surface area contributed by atoms with Gasteiger partial charge in [0.1, 0.15) is 0 Å². The van der Waals surface area contributed by atoms with Crippen LogP contribution in [0.25, 0.3) is 0 Å². The molecular weight excluding hydrogens is 98.1 g/mol. The van der Waals surface area contributed by atoms with E-state index in [4.69, 9.17) is 0 Å². The molecule has 2 aliphatic rings. The monoisotopic (exact) mass is 111 g/mol. The van der Waals surface area contributed by atoms with Crippen LogP contribution in [-0.2, 0) is 0 Å². The summed E-state index contributed by atoms with van der Waals surface area (Å²) in [5.41, 5.74) is 0.759. The molecule has 1 aliphatic carbocycles. The fourth-order valence-corrected chi connectivity index (χ4v) is 2.04. The van der Waals surface area contributed by atoms with Gasteiger partial charge in [-0.15, -0.1) is 0 Å². The van der Waals surface area contributed by atoms with E-state index in [0.717, 1.165) is 11.3 Å². The Morgan fingerprint density at radius 2 is 2.38 bits per heavy atom. The van der Waals surface area contributed by atoms with Crippen LogP contribution in [-0.4, -0.2) is 25.0 Å². The van der Waals surface area contributed by atoms with Crippen molar-refractivity contribution in [1.82, 2.24) is 4.90 Å². The van der Waals surface area contributed by atoms with E-state index in [0.29, 0.717) is 0 Å². The molecule has 8 heavy (non-hydrogen) atoms. The maximum atomic E-state index is 2.44. The summed E-state index contributed by atoms with van der Waals surface area (Å²) < 4.78 is 0. The van der Waals surface area contributed by atoms with E-state index in [1.165, 1.54) is 19.5 Å². The Labute approximate surface area is 50.7 Å². The molecule has 0 aromatic carbocycles. The molecule has 2 atom stereocenters. The number of nitrogens with zero attached hydrogens (tertiary/aromatic N) is 1. The van der Waals surface area contributed by atoms with Crippen molar-refractivity contribution in [2.24, 2.45) is 11.3 Å². The molecule has 1 heterocycles. The summed E-state index contributed by atoms with van der Waals surface area (Å²) in [5.74, 6) is 1.06. The molecule has 0 spiro atoms. The van der Waals surface area contributed by atoms with E-state index in [-0.39, 0.29) is 0 Å². The molecule has 1 aliphatic heterocycles. The van der Waals surface area contributed by atoms with Gasteiger partial charge in [-0.1, -0.05) is 6.92 Å². The summed E-state index contributed by atoms with van der Waals surface area (Å²) in [4.78, 5) is 2.44. The molecular formula is C7H13N. The minimum Gasteiger partial charge on any atom is -0.306 e. The largest absolute Gasteiger partial charge is 0.306 e. The summed E-state index contributed by atoms with van der Waals surface area (Å²) in [6, 6.07) is 0. The van der Waals surface area contributed by atoms with Gasteiger partial charge in [-0.05, 0) is 24.8 Å². The van der Waals surface area contributed by atoms with Gasteiger partial charge in [-0.25, -0.2) is 0 Å². The molecule has 1 heteroatoms. The Kier molecular flexibility index (Phi) is 0.663. The quantitative estimate of drug-likeness (QED) is 0.450. The van der Waals surface area contributed by atoms with E-state index in [1.54, 1.807) is 0 Å². The number of hydrogen-bond donors (Lipinski definition) is 0. The molecule has 0 aromatic rings. The lowest BCUT2D eigenvalue weighted by Crippen LogP contribution is -2.18. The lowest BCUT2D eigenvalue weighted by molar-refractivity contribution is 0.346. The maximum Gasteiger partial charge on any atom is 0.00356 e. The Morgan fingerprint density at radius 1 is 1.62 bits per heavy atom. The third kappa shape index (κ3) is 0.455. The zero-order chi connectivity index (χ0) is 5.78. The maximum absolute atomic E-state index is 2.44. The molecule has 0 bridgehead atoms. The van der Waals surface area contributed by atoms with Crippen molar-refractivity contribution < 1.29 is 0 Å². The van der Waals surface area contributed by atoms with Crippen molar-refractivity contribution in [3.8, 4) is 0 Å². The highest BCUT2D eigenvalue weighted by atomic mass is 15.2. The van der Waals surface area contributed by atoms with Crippen LogP contribution in [0, 0.1) is 11.3 Å². The molecule has 1 nitrogen and oxygen atoms in total. The van der Waals surface area contributed by atoms with Gasteiger partial charge in [0.2, 0.25) is 0 Å². The molecule has 2 rings (SSSR count). The summed E-state index contributed by atoms with van der Waals surface area (Å²) in [7, 11) is 2.22. The highest BCUT2D eigenvalue weighted by Gasteiger charge is 2.54. The smallest absolute Gasteiger partial charge is 0.00356 e. The van der Waals surface area contributed by atoms with Gasteiger partial charge >= 0.3 is 0 Å². The summed E-state index contributed by atoms with van der Waals surface area (Å²) in [6.45, 7) is 5.11. The minimum absolute atomic E-state index is 0.759. The molecule has 1 saturated heterocycles. The van der Waals surface area contributed by atoms with Crippen LogP contribution in [0.1, 0.15) is 13.3 Å². The first kappa shape index (κ1) is 4.80. The van der Waals surface area contributed by atoms with Crippen molar-refractivity contribution in [3.05, 3.63) is 0 Å². The highest BCUT2D eigenvalue weighted by Crippen LogP contribution is 2.56. The van der Waals surface area contributed by atoms with Crippen LogP contribution < -0.4 is 0 Å². The number of likely N-dealkylation sites (tertiary alicyclic amines) is 1. The van der Waals surface area contributed by atoms with E-state index >= 15 is 0 Å².